The molecule has 0 heterocycles. The highest BCUT2D eigenvalue weighted by Crippen LogP contribution is 2.31. The highest BCUT2D eigenvalue weighted by Gasteiger charge is 2.17. The summed E-state index contributed by atoms with van der Waals surface area (Å²) < 4.78 is 16.8. The molecule has 0 saturated heterocycles. The van der Waals surface area contributed by atoms with Crippen molar-refractivity contribution in [1.29, 1.82) is 0 Å². The number of halogens is 1. The molecule has 0 aliphatic carbocycles. The molecule has 18 heavy (non-hydrogen) atoms. The zero-order valence-corrected chi connectivity index (χ0v) is 12.9. The summed E-state index contributed by atoms with van der Waals surface area (Å²) in [7, 11) is 0. The molecule has 0 saturated carbocycles. The van der Waals surface area contributed by atoms with Gasteiger partial charge in [-0.05, 0) is 49.4 Å². The molecular weight excluding hydrogens is 347 g/mol. The first-order valence-electron chi connectivity index (χ1n) is 5.90. The van der Waals surface area contributed by atoms with Gasteiger partial charge in [-0.15, -0.1) is 0 Å². The number of ether oxygens (including phenoxy) is 3. The molecule has 1 aromatic carbocycles. The zero-order chi connectivity index (χ0) is 13.5. The van der Waals surface area contributed by atoms with Gasteiger partial charge in [0.05, 0.1) is 23.4 Å². The minimum Gasteiger partial charge on any atom is -0.493 e. The van der Waals surface area contributed by atoms with Gasteiger partial charge in [-0.25, -0.2) is 4.79 Å². The number of esters is 1. The van der Waals surface area contributed by atoms with Gasteiger partial charge in [0, 0.05) is 6.07 Å². The summed E-state index contributed by atoms with van der Waals surface area (Å²) in [5, 5.41) is 0. The van der Waals surface area contributed by atoms with Gasteiger partial charge < -0.3 is 14.2 Å². The lowest BCUT2D eigenvalue weighted by Gasteiger charge is -2.13. The van der Waals surface area contributed by atoms with Crippen molar-refractivity contribution in [2.75, 3.05) is 19.8 Å². The Balaban J connectivity index is 3.15. The number of hydrogen-bond donors (Lipinski definition) is 0. The molecule has 0 aromatic heterocycles. The summed E-state index contributed by atoms with van der Waals surface area (Å²) in [6.07, 6.45) is 0. The standard InChI is InChI=1S/C13H17IO4/c1-4-16-11-8-12(17-5-2)10(14)7-9(11)13(15)18-6-3/h7-8H,4-6H2,1-3H3. The van der Waals surface area contributed by atoms with E-state index in [1.165, 1.54) is 0 Å². The highest BCUT2D eigenvalue weighted by molar-refractivity contribution is 14.1. The largest absolute Gasteiger partial charge is 0.493 e. The SMILES string of the molecule is CCOC(=O)c1cc(I)c(OCC)cc1OCC. The third-order valence-electron chi connectivity index (χ3n) is 2.13. The summed E-state index contributed by atoms with van der Waals surface area (Å²) in [4.78, 5) is 11.8. The number of hydrogen-bond acceptors (Lipinski definition) is 4. The lowest BCUT2D eigenvalue weighted by atomic mass is 10.2. The van der Waals surface area contributed by atoms with Gasteiger partial charge in [-0.2, -0.15) is 0 Å². The number of rotatable bonds is 6. The van der Waals surface area contributed by atoms with Crippen molar-refractivity contribution in [2.24, 2.45) is 0 Å². The Hall–Kier alpha value is -0.980. The molecule has 0 spiro atoms. The Morgan fingerprint density at radius 1 is 1.06 bits per heavy atom. The predicted octanol–water partition coefficient (Wildman–Crippen LogP) is 3.27. The molecule has 0 aliphatic rings. The number of benzene rings is 1. The zero-order valence-electron chi connectivity index (χ0n) is 10.8. The van der Waals surface area contributed by atoms with Crippen molar-refractivity contribution in [1.82, 2.24) is 0 Å². The average molecular weight is 364 g/mol. The van der Waals surface area contributed by atoms with Crippen LogP contribution in [0.1, 0.15) is 31.1 Å². The monoisotopic (exact) mass is 364 g/mol. The van der Waals surface area contributed by atoms with Gasteiger partial charge in [-0.1, -0.05) is 0 Å². The molecule has 4 nitrogen and oxygen atoms in total. The topological polar surface area (TPSA) is 44.8 Å². The maximum Gasteiger partial charge on any atom is 0.341 e. The fourth-order valence-corrected chi connectivity index (χ4v) is 2.07. The molecular formula is C13H17IO4. The van der Waals surface area contributed by atoms with E-state index in [-0.39, 0.29) is 5.97 Å². The summed E-state index contributed by atoms with van der Waals surface area (Å²) in [6, 6.07) is 3.47. The normalized spacial score (nSPS) is 10.0. The van der Waals surface area contributed by atoms with E-state index in [2.05, 4.69) is 22.6 Å². The van der Waals surface area contributed by atoms with Crippen molar-refractivity contribution in [3.05, 3.63) is 21.3 Å². The van der Waals surface area contributed by atoms with Crippen LogP contribution >= 0.6 is 22.6 Å². The lowest BCUT2D eigenvalue weighted by Crippen LogP contribution is -2.09. The second-order valence-corrected chi connectivity index (χ2v) is 4.53. The smallest absolute Gasteiger partial charge is 0.341 e. The van der Waals surface area contributed by atoms with E-state index in [9.17, 15) is 4.79 Å². The van der Waals surface area contributed by atoms with Crippen molar-refractivity contribution in [3.63, 3.8) is 0 Å². The molecule has 100 valence electrons. The maximum absolute atomic E-state index is 11.8. The van der Waals surface area contributed by atoms with E-state index in [4.69, 9.17) is 14.2 Å². The molecule has 0 fully saturated rings. The van der Waals surface area contributed by atoms with E-state index in [1.807, 2.05) is 13.8 Å². The van der Waals surface area contributed by atoms with E-state index >= 15 is 0 Å². The molecule has 0 bridgehead atoms. The van der Waals surface area contributed by atoms with E-state index in [0.717, 1.165) is 9.32 Å². The Kier molecular flexibility index (Phi) is 6.24. The first kappa shape index (κ1) is 15.1. The minimum atomic E-state index is -0.373. The van der Waals surface area contributed by atoms with Crippen LogP contribution in [-0.2, 0) is 4.74 Å². The van der Waals surface area contributed by atoms with E-state index < -0.39 is 0 Å². The van der Waals surface area contributed by atoms with E-state index in [0.29, 0.717) is 31.1 Å². The van der Waals surface area contributed by atoms with Crippen LogP contribution in [0.3, 0.4) is 0 Å². The Morgan fingerprint density at radius 2 is 1.67 bits per heavy atom. The van der Waals surface area contributed by atoms with Crippen LogP contribution in [0.5, 0.6) is 11.5 Å². The Morgan fingerprint density at radius 3 is 2.22 bits per heavy atom. The number of carbonyl (C=O) groups is 1. The Bertz CT molecular complexity index is 418. The molecule has 1 rings (SSSR count). The molecule has 0 radical (unpaired) electrons. The molecule has 0 unspecified atom stereocenters. The van der Waals surface area contributed by atoms with Crippen LogP contribution < -0.4 is 9.47 Å². The van der Waals surface area contributed by atoms with Gasteiger partial charge in [0.25, 0.3) is 0 Å². The molecule has 1 aromatic rings. The minimum absolute atomic E-state index is 0.341. The quantitative estimate of drug-likeness (QED) is 0.574. The second-order valence-electron chi connectivity index (χ2n) is 3.37. The molecule has 0 N–H and O–H groups in total. The van der Waals surface area contributed by atoms with Crippen LogP contribution in [0.15, 0.2) is 12.1 Å². The first-order chi connectivity index (χ1) is 8.63. The highest BCUT2D eigenvalue weighted by atomic mass is 127. The molecule has 0 aliphatic heterocycles. The van der Waals surface area contributed by atoms with Crippen molar-refractivity contribution in [3.8, 4) is 11.5 Å². The summed E-state index contributed by atoms with van der Waals surface area (Å²) in [5.74, 6) is 0.844. The number of carbonyl (C=O) groups excluding carboxylic acids is 1. The van der Waals surface area contributed by atoms with Gasteiger partial charge in [0.15, 0.2) is 0 Å². The fraction of sp³-hybridized carbons (Fsp3) is 0.462. The van der Waals surface area contributed by atoms with Crippen LogP contribution in [-0.4, -0.2) is 25.8 Å². The van der Waals surface area contributed by atoms with Crippen LogP contribution in [0.4, 0.5) is 0 Å². The van der Waals surface area contributed by atoms with Gasteiger partial charge in [0.2, 0.25) is 0 Å². The third-order valence-corrected chi connectivity index (χ3v) is 2.97. The maximum atomic E-state index is 11.8. The summed E-state index contributed by atoms with van der Waals surface area (Å²) >= 11 is 2.13. The van der Waals surface area contributed by atoms with Crippen LogP contribution in [0.25, 0.3) is 0 Å². The first-order valence-corrected chi connectivity index (χ1v) is 6.98. The lowest BCUT2D eigenvalue weighted by molar-refractivity contribution is 0.0522. The molecule has 0 atom stereocenters. The average Bonchev–Trinajstić information content (AvgIpc) is 2.34. The molecule has 0 amide bonds. The fourth-order valence-electron chi connectivity index (χ4n) is 1.44. The van der Waals surface area contributed by atoms with Crippen molar-refractivity contribution >= 4 is 28.6 Å². The van der Waals surface area contributed by atoms with Gasteiger partial charge in [-0.3, -0.25) is 0 Å². The Labute approximate surface area is 121 Å². The van der Waals surface area contributed by atoms with Gasteiger partial charge >= 0.3 is 5.97 Å². The molecule has 5 heteroatoms. The third kappa shape index (κ3) is 3.76. The summed E-state index contributed by atoms with van der Waals surface area (Å²) in [6.45, 7) is 6.95. The summed E-state index contributed by atoms with van der Waals surface area (Å²) in [5.41, 5.74) is 0.437. The van der Waals surface area contributed by atoms with Crippen LogP contribution in [0, 0.1) is 3.57 Å². The van der Waals surface area contributed by atoms with E-state index in [1.54, 1.807) is 19.1 Å². The predicted molar refractivity (Wildman–Crippen MR) is 77.5 cm³/mol. The van der Waals surface area contributed by atoms with Crippen molar-refractivity contribution < 1.29 is 19.0 Å². The van der Waals surface area contributed by atoms with Gasteiger partial charge in [0.1, 0.15) is 17.1 Å². The van der Waals surface area contributed by atoms with Crippen LogP contribution in [0.2, 0.25) is 0 Å². The second kappa shape index (κ2) is 7.45. The van der Waals surface area contributed by atoms with Crippen molar-refractivity contribution in [2.45, 2.75) is 20.8 Å².